The number of aliphatic carboxylic acids is 1. The summed E-state index contributed by atoms with van der Waals surface area (Å²) >= 11 is 0. The first kappa shape index (κ1) is 11.3. The Morgan fingerprint density at radius 1 is 1.41 bits per heavy atom. The highest BCUT2D eigenvalue weighted by Crippen LogP contribution is 2.20. The number of aromatic amines is 1. The van der Waals surface area contributed by atoms with E-state index in [1.54, 1.807) is 6.20 Å². The molecule has 0 spiro atoms. The summed E-state index contributed by atoms with van der Waals surface area (Å²) in [7, 11) is 0. The zero-order valence-corrected chi connectivity index (χ0v) is 9.18. The van der Waals surface area contributed by atoms with Gasteiger partial charge in [0.25, 0.3) is 0 Å². The summed E-state index contributed by atoms with van der Waals surface area (Å²) < 4.78 is 0. The lowest BCUT2D eigenvalue weighted by Crippen LogP contribution is -2.01. The van der Waals surface area contributed by atoms with Gasteiger partial charge in [0.1, 0.15) is 5.82 Å². The number of nitrogens with one attached hydrogen (secondary N) is 1. The van der Waals surface area contributed by atoms with E-state index in [0.29, 0.717) is 18.1 Å². The number of aromatic nitrogens is 2. The number of carbonyl (C=O) groups is 1. The van der Waals surface area contributed by atoms with Crippen molar-refractivity contribution in [3.8, 4) is 11.4 Å². The molecule has 0 amide bonds. The van der Waals surface area contributed by atoms with E-state index in [0.717, 1.165) is 11.1 Å². The summed E-state index contributed by atoms with van der Waals surface area (Å²) in [5.41, 5.74) is 8.04. The second-order valence-corrected chi connectivity index (χ2v) is 3.67. The van der Waals surface area contributed by atoms with Crippen molar-refractivity contribution in [3.05, 3.63) is 41.7 Å². The Labute approximate surface area is 98.3 Å². The van der Waals surface area contributed by atoms with Gasteiger partial charge in [0.2, 0.25) is 0 Å². The Morgan fingerprint density at radius 3 is 2.88 bits per heavy atom. The third kappa shape index (κ3) is 2.51. The van der Waals surface area contributed by atoms with Crippen LogP contribution in [0.25, 0.3) is 11.4 Å². The second kappa shape index (κ2) is 4.80. The van der Waals surface area contributed by atoms with Gasteiger partial charge in [0, 0.05) is 18.3 Å². The smallest absolute Gasteiger partial charge is 0.309 e. The summed E-state index contributed by atoms with van der Waals surface area (Å²) in [4.78, 5) is 17.8. The molecule has 1 aromatic carbocycles. The largest absolute Gasteiger partial charge is 0.481 e. The number of hydrogen-bond donors (Lipinski definition) is 3. The van der Waals surface area contributed by atoms with E-state index >= 15 is 0 Å². The first-order chi connectivity index (χ1) is 8.20. The van der Waals surface area contributed by atoms with Crippen molar-refractivity contribution in [2.24, 2.45) is 5.73 Å². The predicted molar refractivity (Wildman–Crippen MR) is 63.3 cm³/mol. The zero-order valence-electron chi connectivity index (χ0n) is 9.18. The zero-order chi connectivity index (χ0) is 12.3. The predicted octanol–water partition coefficient (Wildman–Crippen LogP) is 1.16. The molecule has 4 N–H and O–H groups in total. The van der Waals surface area contributed by atoms with Crippen molar-refractivity contribution in [1.29, 1.82) is 0 Å². The van der Waals surface area contributed by atoms with Gasteiger partial charge in [-0.15, -0.1) is 0 Å². The van der Waals surface area contributed by atoms with Crippen LogP contribution < -0.4 is 5.73 Å². The maximum atomic E-state index is 10.6. The normalized spacial score (nSPS) is 10.4. The average molecular weight is 231 g/mol. The topological polar surface area (TPSA) is 92.0 Å². The van der Waals surface area contributed by atoms with Crippen LogP contribution in [-0.2, 0) is 17.8 Å². The highest BCUT2D eigenvalue weighted by atomic mass is 16.4. The fourth-order valence-electron chi connectivity index (χ4n) is 1.67. The van der Waals surface area contributed by atoms with Gasteiger partial charge in [0.05, 0.1) is 12.1 Å². The van der Waals surface area contributed by atoms with Crippen LogP contribution >= 0.6 is 0 Å². The quantitative estimate of drug-likeness (QED) is 0.736. The number of nitrogens with two attached hydrogens (primary N) is 1. The van der Waals surface area contributed by atoms with Crippen molar-refractivity contribution in [2.75, 3.05) is 0 Å². The van der Waals surface area contributed by atoms with Gasteiger partial charge in [-0.2, -0.15) is 0 Å². The molecule has 0 fully saturated rings. The Morgan fingerprint density at radius 2 is 2.18 bits per heavy atom. The van der Waals surface area contributed by atoms with E-state index in [9.17, 15) is 4.79 Å². The van der Waals surface area contributed by atoms with Crippen LogP contribution in [0.3, 0.4) is 0 Å². The van der Waals surface area contributed by atoms with Crippen LogP contribution in [0.5, 0.6) is 0 Å². The maximum absolute atomic E-state index is 10.6. The third-order valence-electron chi connectivity index (χ3n) is 2.46. The number of carboxylic acids is 1. The van der Waals surface area contributed by atoms with Gasteiger partial charge in [0.15, 0.2) is 0 Å². The van der Waals surface area contributed by atoms with Crippen LogP contribution in [0.1, 0.15) is 11.3 Å². The average Bonchev–Trinajstić information content (AvgIpc) is 2.76. The van der Waals surface area contributed by atoms with Crippen LogP contribution in [-0.4, -0.2) is 21.0 Å². The Kier molecular flexibility index (Phi) is 3.20. The van der Waals surface area contributed by atoms with E-state index in [1.165, 1.54) is 0 Å². The molecule has 0 bridgehead atoms. The maximum Gasteiger partial charge on any atom is 0.309 e. The SMILES string of the molecule is NCc1ccccc1-c1nc(CC(=O)O)c[nH]1. The number of H-pyrrole nitrogens is 1. The number of imidazole rings is 1. The number of carboxylic acid groups (broad SMARTS) is 1. The molecule has 5 heteroatoms. The Hall–Kier alpha value is -2.14. The summed E-state index contributed by atoms with van der Waals surface area (Å²) in [6, 6.07) is 7.64. The molecule has 0 saturated carbocycles. The lowest BCUT2D eigenvalue weighted by Gasteiger charge is -2.03. The Bertz CT molecular complexity index is 534. The van der Waals surface area contributed by atoms with E-state index in [4.69, 9.17) is 10.8 Å². The van der Waals surface area contributed by atoms with Crippen LogP contribution in [0.4, 0.5) is 0 Å². The first-order valence-electron chi connectivity index (χ1n) is 5.25. The summed E-state index contributed by atoms with van der Waals surface area (Å²) in [5.74, 6) is -0.238. The molecule has 88 valence electrons. The van der Waals surface area contributed by atoms with Crippen molar-refractivity contribution in [3.63, 3.8) is 0 Å². The molecule has 0 unspecified atom stereocenters. The molecule has 0 saturated heterocycles. The van der Waals surface area contributed by atoms with E-state index < -0.39 is 5.97 Å². The molecule has 0 aliphatic carbocycles. The van der Waals surface area contributed by atoms with Crippen LogP contribution in [0.15, 0.2) is 30.5 Å². The molecule has 2 rings (SSSR count). The van der Waals surface area contributed by atoms with Gasteiger partial charge in [-0.05, 0) is 5.56 Å². The molecule has 5 nitrogen and oxygen atoms in total. The van der Waals surface area contributed by atoms with E-state index in [1.807, 2.05) is 24.3 Å². The Balaban J connectivity index is 2.33. The van der Waals surface area contributed by atoms with Gasteiger partial charge < -0.3 is 15.8 Å². The number of hydrogen-bond acceptors (Lipinski definition) is 3. The molecular weight excluding hydrogens is 218 g/mol. The lowest BCUT2D eigenvalue weighted by molar-refractivity contribution is -0.136. The highest BCUT2D eigenvalue weighted by molar-refractivity contribution is 5.70. The fraction of sp³-hybridized carbons (Fsp3) is 0.167. The second-order valence-electron chi connectivity index (χ2n) is 3.67. The number of rotatable bonds is 4. The molecule has 0 radical (unpaired) electrons. The van der Waals surface area contributed by atoms with Gasteiger partial charge in [-0.3, -0.25) is 4.79 Å². The molecule has 0 aliphatic rings. The minimum absolute atomic E-state index is 0.0821. The molecule has 17 heavy (non-hydrogen) atoms. The van der Waals surface area contributed by atoms with Crippen molar-refractivity contribution >= 4 is 5.97 Å². The summed E-state index contributed by atoms with van der Waals surface area (Å²) in [6.07, 6.45) is 1.53. The minimum Gasteiger partial charge on any atom is -0.481 e. The molecular formula is C12H13N3O2. The van der Waals surface area contributed by atoms with Crippen LogP contribution in [0, 0.1) is 0 Å². The van der Waals surface area contributed by atoms with Crippen LogP contribution in [0.2, 0.25) is 0 Å². The fourth-order valence-corrected chi connectivity index (χ4v) is 1.67. The number of nitrogens with zero attached hydrogens (tertiary/aromatic N) is 1. The van der Waals surface area contributed by atoms with Crippen molar-refractivity contribution in [2.45, 2.75) is 13.0 Å². The standard InChI is InChI=1S/C12H13N3O2/c13-6-8-3-1-2-4-10(8)12-14-7-9(15-12)5-11(16)17/h1-4,7H,5-6,13H2,(H,14,15)(H,16,17). The van der Waals surface area contributed by atoms with Gasteiger partial charge in [-0.1, -0.05) is 24.3 Å². The molecule has 2 aromatic rings. The van der Waals surface area contributed by atoms with Crippen molar-refractivity contribution in [1.82, 2.24) is 9.97 Å². The molecule has 1 heterocycles. The molecule has 0 aliphatic heterocycles. The van der Waals surface area contributed by atoms with Gasteiger partial charge >= 0.3 is 5.97 Å². The first-order valence-corrected chi connectivity index (χ1v) is 5.25. The monoisotopic (exact) mass is 231 g/mol. The highest BCUT2D eigenvalue weighted by Gasteiger charge is 2.09. The molecule has 0 atom stereocenters. The summed E-state index contributed by atoms with van der Waals surface area (Å²) in [5, 5.41) is 8.67. The van der Waals surface area contributed by atoms with E-state index in [2.05, 4.69) is 9.97 Å². The van der Waals surface area contributed by atoms with Gasteiger partial charge in [-0.25, -0.2) is 4.98 Å². The molecule has 1 aromatic heterocycles. The third-order valence-corrected chi connectivity index (χ3v) is 2.46. The minimum atomic E-state index is -0.893. The van der Waals surface area contributed by atoms with Crippen molar-refractivity contribution < 1.29 is 9.90 Å². The summed E-state index contributed by atoms with van der Waals surface area (Å²) in [6.45, 7) is 0.422. The lowest BCUT2D eigenvalue weighted by atomic mass is 10.1. The number of benzene rings is 1. The van der Waals surface area contributed by atoms with E-state index in [-0.39, 0.29) is 6.42 Å².